The molecule has 1 aliphatic carbocycles. The van der Waals surface area contributed by atoms with Crippen LogP contribution in [0.5, 0.6) is 0 Å². The van der Waals surface area contributed by atoms with Crippen molar-refractivity contribution in [2.75, 3.05) is 13.1 Å². The maximum Gasteiger partial charge on any atom is 0.0702 e. The van der Waals surface area contributed by atoms with Gasteiger partial charge in [0.25, 0.3) is 0 Å². The van der Waals surface area contributed by atoms with E-state index in [9.17, 15) is 0 Å². The molecule has 0 bridgehead atoms. The lowest BCUT2D eigenvalue weighted by molar-refractivity contribution is 0.195. The average Bonchev–Trinajstić information content (AvgIpc) is 3.01. The first-order valence-corrected chi connectivity index (χ1v) is 7.64. The summed E-state index contributed by atoms with van der Waals surface area (Å²) in [7, 11) is 0. The third-order valence-electron chi connectivity index (χ3n) is 4.31. The lowest BCUT2D eigenvalue weighted by atomic mass is 10.1. The van der Waals surface area contributed by atoms with Crippen molar-refractivity contribution in [2.24, 2.45) is 5.73 Å². The molecule has 1 aliphatic rings. The van der Waals surface area contributed by atoms with Crippen LogP contribution in [-0.2, 0) is 6.54 Å². The number of nitrogens with zero attached hydrogens (tertiary/aromatic N) is 2. The lowest BCUT2D eigenvalue weighted by Gasteiger charge is -2.28. The van der Waals surface area contributed by atoms with Crippen molar-refractivity contribution in [1.82, 2.24) is 9.88 Å². The average molecular weight is 269 g/mol. The van der Waals surface area contributed by atoms with Crippen LogP contribution in [0.2, 0.25) is 0 Å². The maximum atomic E-state index is 5.79. The van der Waals surface area contributed by atoms with Crippen LogP contribution in [0, 0.1) is 0 Å². The van der Waals surface area contributed by atoms with E-state index in [2.05, 4.69) is 34.1 Å². The number of fused-ring (bicyclic) bond motifs is 1. The Hall–Kier alpha value is -1.45. The van der Waals surface area contributed by atoms with Crippen molar-refractivity contribution in [2.45, 2.75) is 38.3 Å². The molecule has 1 fully saturated rings. The van der Waals surface area contributed by atoms with E-state index < -0.39 is 0 Å². The van der Waals surface area contributed by atoms with Crippen LogP contribution in [-0.4, -0.2) is 29.0 Å². The topological polar surface area (TPSA) is 42.1 Å². The Balaban J connectivity index is 1.78. The van der Waals surface area contributed by atoms with Crippen LogP contribution in [0.1, 0.15) is 31.2 Å². The Morgan fingerprint density at radius 2 is 2.05 bits per heavy atom. The molecule has 2 aromatic rings. The monoisotopic (exact) mass is 269 g/mol. The summed E-state index contributed by atoms with van der Waals surface area (Å²) in [5, 5.41) is 1.23. The van der Waals surface area contributed by atoms with Gasteiger partial charge in [0.15, 0.2) is 0 Å². The number of pyridine rings is 1. The fraction of sp³-hybridized carbons (Fsp3) is 0.471. The van der Waals surface area contributed by atoms with E-state index in [4.69, 9.17) is 5.73 Å². The van der Waals surface area contributed by atoms with Gasteiger partial charge in [-0.3, -0.25) is 9.88 Å². The Morgan fingerprint density at radius 1 is 1.20 bits per heavy atom. The van der Waals surface area contributed by atoms with Gasteiger partial charge in [0.1, 0.15) is 0 Å². The summed E-state index contributed by atoms with van der Waals surface area (Å²) in [5.74, 6) is 0. The van der Waals surface area contributed by atoms with E-state index in [-0.39, 0.29) is 0 Å². The molecule has 3 nitrogen and oxygen atoms in total. The number of rotatable bonds is 5. The van der Waals surface area contributed by atoms with Crippen molar-refractivity contribution < 1.29 is 0 Å². The Labute approximate surface area is 120 Å². The molecule has 0 unspecified atom stereocenters. The minimum Gasteiger partial charge on any atom is -0.329 e. The maximum absolute atomic E-state index is 5.79. The molecule has 0 atom stereocenters. The molecule has 2 N–H and O–H groups in total. The van der Waals surface area contributed by atoms with Gasteiger partial charge >= 0.3 is 0 Å². The first-order valence-electron chi connectivity index (χ1n) is 7.64. The highest BCUT2D eigenvalue weighted by Gasteiger charge is 2.21. The minimum atomic E-state index is 0.725. The molecular formula is C17H23N3. The van der Waals surface area contributed by atoms with Crippen LogP contribution >= 0.6 is 0 Å². The van der Waals surface area contributed by atoms with E-state index in [0.717, 1.165) is 31.2 Å². The van der Waals surface area contributed by atoms with Crippen molar-refractivity contribution in [3.63, 3.8) is 0 Å². The molecule has 1 aromatic heterocycles. The predicted molar refractivity (Wildman–Crippen MR) is 83.5 cm³/mol. The summed E-state index contributed by atoms with van der Waals surface area (Å²) >= 11 is 0. The molecule has 3 rings (SSSR count). The zero-order valence-electron chi connectivity index (χ0n) is 12.0. The van der Waals surface area contributed by atoms with Crippen LogP contribution in [0.25, 0.3) is 10.9 Å². The molecule has 0 amide bonds. The van der Waals surface area contributed by atoms with Crippen molar-refractivity contribution >= 4 is 10.9 Å². The second-order valence-electron chi connectivity index (χ2n) is 5.73. The number of benzene rings is 1. The zero-order valence-corrected chi connectivity index (χ0v) is 12.0. The SMILES string of the molecule is NCCN(Cc1ccc2ncccc2c1)C1CCCC1. The summed E-state index contributed by atoms with van der Waals surface area (Å²) in [6.45, 7) is 2.74. The first kappa shape index (κ1) is 13.5. The van der Waals surface area contributed by atoms with Gasteiger partial charge in [-0.2, -0.15) is 0 Å². The molecule has 1 aromatic carbocycles. The van der Waals surface area contributed by atoms with Gasteiger partial charge in [-0.15, -0.1) is 0 Å². The second-order valence-corrected chi connectivity index (χ2v) is 5.73. The van der Waals surface area contributed by atoms with Crippen LogP contribution in [0.3, 0.4) is 0 Å². The van der Waals surface area contributed by atoms with Crippen molar-refractivity contribution in [3.05, 3.63) is 42.1 Å². The normalized spacial score (nSPS) is 16.3. The van der Waals surface area contributed by atoms with E-state index >= 15 is 0 Å². The van der Waals surface area contributed by atoms with Gasteiger partial charge in [-0.1, -0.05) is 25.0 Å². The summed E-state index contributed by atoms with van der Waals surface area (Å²) in [6.07, 6.45) is 7.24. The Bertz CT molecular complexity index is 561. The quantitative estimate of drug-likeness (QED) is 0.907. The van der Waals surface area contributed by atoms with Gasteiger partial charge in [0, 0.05) is 37.3 Å². The highest BCUT2D eigenvalue weighted by molar-refractivity contribution is 5.78. The van der Waals surface area contributed by atoms with Gasteiger partial charge in [-0.05, 0) is 36.6 Å². The van der Waals surface area contributed by atoms with Gasteiger partial charge in [-0.25, -0.2) is 0 Å². The standard InChI is InChI=1S/C17H23N3/c18-9-11-20(16-5-1-2-6-16)13-14-7-8-17-15(12-14)4-3-10-19-17/h3-4,7-8,10,12,16H,1-2,5-6,9,11,13,18H2. The number of nitrogens with two attached hydrogens (primary N) is 1. The predicted octanol–water partition coefficient (Wildman–Crippen LogP) is 2.94. The Kier molecular flexibility index (Phi) is 4.28. The van der Waals surface area contributed by atoms with E-state index in [1.54, 1.807) is 0 Å². The molecule has 106 valence electrons. The van der Waals surface area contributed by atoms with Gasteiger partial charge < -0.3 is 5.73 Å². The number of hydrogen-bond donors (Lipinski definition) is 1. The molecule has 0 radical (unpaired) electrons. The number of hydrogen-bond acceptors (Lipinski definition) is 3. The second kappa shape index (κ2) is 6.33. The molecule has 0 aliphatic heterocycles. The summed E-state index contributed by atoms with van der Waals surface area (Å²) in [5.41, 5.74) is 8.23. The summed E-state index contributed by atoms with van der Waals surface area (Å²) in [4.78, 5) is 6.94. The van der Waals surface area contributed by atoms with E-state index in [1.807, 2.05) is 12.3 Å². The highest BCUT2D eigenvalue weighted by Crippen LogP contribution is 2.25. The lowest BCUT2D eigenvalue weighted by Crippen LogP contribution is -2.36. The van der Waals surface area contributed by atoms with Gasteiger partial charge in [0.05, 0.1) is 5.52 Å². The van der Waals surface area contributed by atoms with Crippen molar-refractivity contribution in [1.29, 1.82) is 0 Å². The molecule has 1 heterocycles. The molecular weight excluding hydrogens is 246 g/mol. The largest absolute Gasteiger partial charge is 0.329 e. The molecule has 0 spiro atoms. The third-order valence-corrected chi connectivity index (χ3v) is 4.31. The van der Waals surface area contributed by atoms with Crippen molar-refractivity contribution in [3.8, 4) is 0 Å². The highest BCUT2D eigenvalue weighted by atomic mass is 15.2. The zero-order chi connectivity index (χ0) is 13.8. The molecule has 0 saturated heterocycles. The third kappa shape index (κ3) is 3.00. The molecule has 3 heteroatoms. The van der Waals surface area contributed by atoms with E-state index in [0.29, 0.717) is 0 Å². The van der Waals surface area contributed by atoms with Crippen LogP contribution < -0.4 is 5.73 Å². The molecule has 1 saturated carbocycles. The Morgan fingerprint density at radius 3 is 2.85 bits per heavy atom. The summed E-state index contributed by atoms with van der Waals surface area (Å²) < 4.78 is 0. The number of aromatic nitrogens is 1. The first-order chi connectivity index (χ1) is 9.86. The minimum absolute atomic E-state index is 0.725. The summed E-state index contributed by atoms with van der Waals surface area (Å²) in [6, 6.07) is 11.5. The fourth-order valence-electron chi connectivity index (χ4n) is 3.28. The smallest absolute Gasteiger partial charge is 0.0702 e. The van der Waals surface area contributed by atoms with E-state index in [1.165, 1.54) is 36.6 Å². The fourth-order valence-corrected chi connectivity index (χ4v) is 3.28. The molecule has 20 heavy (non-hydrogen) atoms. The van der Waals surface area contributed by atoms with Crippen LogP contribution in [0.15, 0.2) is 36.5 Å². The van der Waals surface area contributed by atoms with Gasteiger partial charge in [0.2, 0.25) is 0 Å². The van der Waals surface area contributed by atoms with Crippen LogP contribution in [0.4, 0.5) is 0 Å².